The molecule has 3 rings (SSSR count). The third kappa shape index (κ3) is 5.25. The zero-order chi connectivity index (χ0) is 23.7. The first kappa shape index (κ1) is 24.1. The Kier molecular flexibility index (Phi) is 6.87. The lowest BCUT2D eigenvalue weighted by atomic mass is 9.94. The number of benzene rings is 2. The molecule has 0 saturated carbocycles. The SMILES string of the molecule is COc1ccc(C2=C(c3ccc(S(C)(=O)=O)cc3)N(CCN(C)C)NC2C(F)(F)F)cc1. The van der Waals surface area contributed by atoms with Gasteiger partial charge in [-0.15, -0.1) is 0 Å². The van der Waals surface area contributed by atoms with Crippen molar-refractivity contribution in [2.75, 3.05) is 40.6 Å². The summed E-state index contributed by atoms with van der Waals surface area (Å²) in [6.45, 7) is 0.806. The molecule has 0 spiro atoms. The zero-order valence-electron chi connectivity index (χ0n) is 18.3. The number of rotatable bonds is 7. The quantitative estimate of drug-likeness (QED) is 0.672. The number of hydrogen-bond donors (Lipinski definition) is 1. The fourth-order valence-corrected chi connectivity index (χ4v) is 4.16. The molecule has 10 heteroatoms. The second-order valence-corrected chi connectivity index (χ2v) is 9.86. The number of ether oxygens (including phenoxy) is 1. The third-order valence-corrected chi connectivity index (χ3v) is 6.28. The van der Waals surface area contributed by atoms with Gasteiger partial charge in [0.2, 0.25) is 0 Å². The van der Waals surface area contributed by atoms with Crippen molar-refractivity contribution in [3.8, 4) is 5.75 Å². The molecule has 0 aromatic heterocycles. The van der Waals surface area contributed by atoms with E-state index in [0.717, 1.165) is 6.26 Å². The normalized spacial score (nSPS) is 17.4. The molecule has 1 unspecified atom stereocenters. The van der Waals surface area contributed by atoms with E-state index in [1.807, 2.05) is 19.0 Å². The van der Waals surface area contributed by atoms with Gasteiger partial charge in [-0.1, -0.05) is 24.3 Å². The van der Waals surface area contributed by atoms with Gasteiger partial charge in [-0.25, -0.2) is 13.8 Å². The van der Waals surface area contributed by atoms with Crippen LogP contribution in [0.15, 0.2) is 53.4 Å². The van der Waals surface area contributed by atoms with E-state index in [9.17, 15) is 21.6 Å². The lowest BCUT2D eigenvalue weighted by Crippen LogP contribution is -2.47. The highest BCUT2D eigenvalue weighted by molar-refractivity contribution is 7.90. The molecular formula is C22H26F3N3O3S. The van der Waals surface area contributed by atoms with Crippen molar-refractivity contribution in [1.29, 1.82) is 0 Å². The van der Waals surface area contributed by atoms with Gasteiger partial charge in [0.25, 0.3) is 0 Å². The van der Waals surface area contributed by atoms with E-state index >= 15 is 0 Å². The van der Waals surface area contributed by atoms with Crippen LogP contribution in [0.1, 0.15) is 11.1 Å². The van der Waals surface area contributed by atoms with Crippen LogP contribution >= 0.6 is 0 Å². The van der Waals surface area contributed by atoms with E-state index in [2.05, 4.69) is 5.43 Å². The van der Waals surface area contributed by atoms with E-state index in [0.29, 0.717) is 35.7 Å². The number of halogens is 3. The fraction of sp³-hybridized carbons (Fsp3) is 0.364. The van der Waals surface area contributed by atoms with Crippen LogP contribution in [-0.2, 0) is 9.84 Å². The average Bonchev–Trinajstić information content (AvgIpc) is 3.12. The molecule has 0 saturated heterocycles. The first-order chi connectivity index (χ1) is 14.9. The lowest BCUT2D eigenvalue weighted by Gasteiger charge is -2.26. The summed E-state index contributed by atoms with van der Waals surface area (Å²) in [7, 11) is 1.73. The molecule has 2 aromatic carbocycles. The van der Waals surface area contributed by atoms with Gasteiger partial charge in [-0.05, 0) is 49.5 Å². The highest BCUT2D eigenvalue weighted by atomic mass is 32.2. The predicted octanol–water partition coefficient (Wildman–Crippen LogP) is 3.28. The van der Waals surface area contributed by atoms with Crippen LogP contribution in [0.3, 0.4) is 0 Å². The van der Waals surface area contributed by atoms with Crippen LogP contribution < -0.4 is 10.2 Å². The first-order valence-corrected chi connectivity index (χ1v) is 11.7. The molecule has 2 aromatic rings. The van der Waals surface area contributed by atoms with Crippen molar-refractivity contribution in [3.63, 3.8) is 0 Å². The van der Waals surface area contributed by atoms with Gasteiger partial charge < -0.3 is 14.6 Å². The third-order valence-electron chi connectivity index (χ3n) is 5.15. The van der Waals surface area contributed by atoms with E-state index in [1.165, 1.54) is 24.3 Å². The van der Waals surface area contributed by atoms with Crippen molar-refractivity contribution in [2.24, 2.45) is 0 Å². The van der Waals surface area contributed by atoms with Gasteiger partial charge in [0.15, 0.2) is 9.84 Å². The largest absolute Gasteiger partial charge is 0.497 e. The average molecular weight is 470 g/mol. The Hall–Kier alpha value is -2.56. The number of hydrogen-bond acceptors (Lipinski definition) is 6. The molecule has 0 bridgehead atoms. The minimum atomic E-state index is -4.54. The van der Waals surface area contributed by atoms with Crippen molar-refractivity contribution in [3.05, 3.63) is 59.7 Å². The maximum absolute atomic E-state index is 14.1. The number of sulfone groups is 1. The second-order valence-electron chi connectivity index (χ2n) is 7.85. The molecule has 1 aliphatic rings. The van der Waals surface area contributed by atoms with Crippen LogP contribution in [0.2, 0.25) is 0 Å². The Bertz CT molecular complexity index is 1080. The number of hydrazine groups is 1. The van der Waals surface area contributed by atoms with Gasteiger partial charge in [0.05, 0.1) is 17.7 Å². The molecule has 0 aliphatic carbocycles. The van der Waals surface area contributed by atoms with E-state index in [1.54, 1.807) is 36.4 Å². The number of alkyl halides is 3. The summed E-state index contributed by atoms with van der Waals surface area (Å²) in [5.74, 6) is 0.535. The number of methoxy groups -OCH3 is 1. The van der Waals surface area contributed by atoms with E-state index in [4.69, 9.17) is 4.74 Å². The van der Waals surface area contributed by atoms with Crippen molar-refractivity contribution < 1.29 is 26.3 Å². The summed E-state index contributed by atoms with van der Waals surface area (Å²) < 4.78 is 71.1. The lowest BCUT2D eigenvalue weighted by molar-refractivity contribution is -0.147. The summed E-state index contributed by atoms with van der Waals surface area (Å²) in [4.78, 5) is 1.98. The Morgan fingerprint density at radius 1 is 1.03 bits per heavy atom. The monoisotopic (exact) mass is 469 g/mol. The van der Waals surface area contributed by atoms with Crippen LogP contribution in [0, 0.1) is 0 Å². The van der Waals surface area contributed by atoms with Crippen LogP contribution in [0.25, 0.3) is 11.3 Å². The molecule has 0 amide bonds. The highest BCUT2D eigenvalue weighted by Gasteiger charge is 2.49. The van der Waals surface area contributed by atoms with Gasteiger partial charge in [0.1, 0.15) is 11.8 Å². The summed E-state index contributed by atoms with van der Waals surface area (Å²) in [6.07, 6.45) is -3.45. The molecule has 0 radical (unpaired) electrons. The number of nitrogens with one attached hydrogen (secondary N) is 1. The van der Waals surface area contributed by atoms with E-state index in [-0.39, 0.29) is 10.5 Å². The maximum atomic E-state index is 14.1. The van der Waals surface area contributed by atoms with Gasteiger partial charge in [0, 0.05) is 24.9 Å². The fourth-order valence-electron chi connectivity index (χ4n) is 3.53. The van der Waals surface area contributed by atoms with Crippen molar-refractivity contribution in [1.82, 2.24) is 15.3 Å². The number of likely N-dealkylation sites (N-methyl/N-ethyl adjacent to an activating group) is 1. The smallest absolute Gasteiger partial charge is 0.409 e. The molecule has 174 valence electrons. The molecular weight excluding hydrogens is 443 g/mol. The van der Waals surface area contributed by atoms with Crippen LogP contribution in [0.5, 0.6) is 5.75 Å². The summed E-state index contributed by atoms with van der Waals surface area (Å²) >= 11 is 0. The molecule has 1 aliphatic heterocycles. The van der Waals surface area contributed by atoms with Crippen LogP contribution in [-0.4, -0.2) is 71.1 Å². The minimum Gasteiger partial charge on any atom is -0.497 e. The summed E-state index contributed by atoms with van der Waals surface area (Å²) in [6, 6.07) is 10.4. The zero-order valence-corrected chi connectivity index (χ0v) is 19.1. The van der Waals surface area contributed by atoms with Crippen molar-refractivity contribution >= 4 is 21.1 Å². The van der Waals surface area contributed by atoms with Gasteiger partial charge in [-0.2, -0.15) is 13.2 Å². The van der Waals surface area contributed by atoms with E-state index < -0.39 is 22.1 Å². The second kappa shape index (κ2) is 9.13. The van der Waals surface area contributed by atoms with Crippen LogP contribution in [0.4, 0.5) is 13.2 Å². The highest BCUT2D eigenvalue weighted by Crippen LogP contribution is 2.42. The molecule has 0 fully saturated rings. The summed E-state index contributed by atoms with van der Waals surface area (Å²) in [5, 5.41) is 1.49. The minimum absolute atomic E-state index is 0.0750. The van der Waals surface area contributed by atoms with Gasteiger partial charge >= 0.3 is 6.18 Å². The summed E-state index contributed by atoms with van der Waals surface area (Å²) in [5.41, 5.74) is 3.94. The Labute approximate surface area is 186 Å². The number of nitrogens with zero attached hydrogens (tertiary/aromatic N) is 2. The molecule has 6 nitrogen and oxygen atoms in total. The van der Waals surface area contributed by atoms with Gasteiger partial charge in [-0.3, -0.25) is 0 Å². The molecule has 1 atom stereocenters. The predicted molar refractivity (Wildman–Crippen MR) is 118 cm³/mol. The first-order valence-electron chi connectivity index (χ1n) is 9.86. The molecule has 32 heavy (non-hydrogen) atoms. The maximum Gasteiger partial charge on any atom is 0.409 e. The Morgan fingerprint density at radius 3 is 2.06 bits per heavy atom. The topological polar surface area (TPSA) is 61.9 Å². The standard InChI is InChI=1S/C22H26F3N3O3S/c1-27(2)13-14-28-20(16-7-11-18(12-8-16)32(4,29)30)19(21(26-28)22(23,24)25)15-5-9-17(31-3)10-6-15/h5-12,21,26H,13-14H2,1-4H3. The molecule has 1 heterocycles. The Morgan fingerprint density at radius 2 is 1.59 bits per heavy atom. The molecule has 1 N–H and O–H groups in total. The van der Waals surface area contributed by atoms with Crippen molar-refractivity contribution in [2.45, 2.75) is 17.1 Å². The Balaban J connectivity index is 2.20.